The number of aliphatic hydroxyl groups is 1. The van der Waals surface area contributed by atoms with Gasteiger partial charge in [-0.2, -0.15) is 17.0 Å². The van der Waals surface area contributed by atoms with E-state index in [0.29, 0.717) is 45.8 Å². The van der Waals surface area contributed by atoms with E-state index >= 15 is 0 Å². The van der Waals surface area contributed by atoms with E-state index < -0.39 is 15.8 Å². The normalized spacial score (nSPS) is 24.9. The summed E-state index contributed by atoms with van der Waals surface area (Å²) in [5.74, 6) is 0. The lowest BCUT2D eigenvalue weighted by atomic mass is 10.1. The average Bonchev–Trinajstić information content (AvgIpc) is 2.66. The van der Waals surface area contributed by atoms with Crippen LogP contribution in [0.5, 0.6) is 0 Å². The maximum atomic E-state index is 12.7. The Kier molecular flexibility index (Phi) is 5.65. The fraction of sp³-hybridized carbons (Fsp3) is 1.00. The first-order chi connectivity index (χ1) is 9.79. The van der Waals surface area contributed by atoms with E-state index in [9.17, 15) is 13.5 Å². The Bertz CT molecular complexity index is 417. The molecule has 0 atom stereocenters. The zero-order chi connectivity index (χ0) is 15.5. The van der Waals surface area contributed by atoms with E-state index in [0.717, 1.165) is 25.7 Å². The quantitative estimate of drug-likeness (QED) is 0.819. The number of hydrogen-bond acceptors (Lipinski definition) is 4. The maximum absolute atomic E-state index is 12.7. The van der Waals surface area contributed by atoms with Gasteiger partial charge in [-0.1, -0.05) is 12.8 Å². The van der Waals surface area contributed by atoms with Gasteiger partial charge in [0.05, 0.1) is 5.60 Å². The molecule has 0 aliphatic carbocycles. The third-order valence-corrected chi connectivity index (χ3v) is 6.19. The summed E-state index contributed by atoms with van der Waals surface area (Å²) in [5.41, 5.74) is -0.730. The molecular formula is C14H29N3O3S. The van der Waals surface area contributed by atoms with Crippen molar-refractivity contribution in [1.82, 2.24) is 13.5 Å². The fourth-order valence-corrected chi connectivity index (χ4v) is 4.77. The average molecular weight is 319 g/mol. The van der Waals surface area contributed by atoms with Gasteiger partial charge in [-0.3, -0.25) is 4.90 Å². The van der Waals surface area contributed by atoms with Crippen LogP contribution in [0.2, 0.25) is 0 Å². The van der Waals surface area contributed by atoms with Crippen LogP contribution in [0.3, 0.4) is 0 Å². The van der Waals surface area contributed by atoms with Crippen LogP contribution < -0.4 is 0 Å². The second-order valence-corrected chi connectivity index (χ2v) is 8.74. The molecule has 0 amide bonds. The van der Waals surface area contributed by atoms with Crippen molar-refractivity contribution < 1.29 is 13.5 Å². The lowest BCUT2D eigenvalue weighted by Gasteiger charge is -2.38. The highest BCUT2D eigenvalue weighted by molar-refractivity contribution is 7.86. The summed E-state index contributed by atoms with van der Waals surface area (Å²) in [4.78, 5) is 2.13. The van der Waals surface area contributed by atoms with E-state index in [1.165, 1.54) is 0 Å². The Morgan fingerprint density at radius 2 is 1.33 bits per heavy atom. The fourth-order valence-electron chi connectivity index (χ4n) is 3.10. The predicted molar refractivity (Wildman–Crippen MR) is 83.3 cm³/mol. The van der Waals surface area contributed by atoms with E-state index in [2.05, 4.69) is 4.90 Å². The maximum Gasteiger partial charge on any atom is 0.282 e. The zero-order valence-electron chi connectivity index (χ0n) is 13.3. The van der Waals surface area contributed by atoms with Crippen molar-refractivity contribution in [2.45, 2.75) is 45.1 Å². The Labute approximate surface area is 128 Å². The topological polar surface area (TPSA) is 64.1 Å². The first-order valence-electron chi connectivity index (χ1n) is 7.99. The summed E-state index contributed by atoms with van der Waals surface area (Å²) in [6, 6.07) is 0. The molecule has 6 nitrogen and oxygen atoms in total. The first kappa shape index (κ1) is 17.1. The van der Waals surface area contributed by atoms with Crippen LogP contribution in [0.1, 0.15) is 39.5 Å². The molecule has 2 heterocycles. The lowest BCUT2D eigenvalue weighted by Crippen LogP contribution is -2.55. The standard InChI is InChI=1S/C14H29N3O3S/c1-14(2,18)13-15-9-11-17(12-10-15)21(19,20)16-7-5-3-4-6-8-16/h18H,3-13H2,1-2H3. The van der Waals surface area contributed by atoms with Gasteiger partial charge in [0.2, 0.25) is 0 Å². The summed E-state index contributed by atoms with van der Waals surface area (Å²) < 4.78 is 28.6. The minimum Gasteiger partial charge on any atom is -0.389 e. The van der Waals surface area contributed by atoms with Gasteiger partial charge >= 0.3 is 0 Å². The van der Waals surface area contributed by atoms with Crippen LogP contribution in [0, 0.1) is 0 Å². The highest BCUT2D eigenvalue weighted by Crippen LogP contribution is 2.18. The van der Waals surface area contributed by atoms with Gasteiger partial charge in [0, 0.05) is 45.8 Å². The molecule has 0 spiro atoms. The van der Waals surface area contributed by atoms with Crippen LogP contribution in [-0.4, -0.2) is 78.4 Å². The van der Waals surface area contributed by atoms with Gasteiger partial charge < -0.3 is 5.11 Å². The smallest absolute Gasteiger partial charge is 0.282 e. The molecule has 124 valence electrons. The molecule has 0 aromatic carbocycles. The molecule has 2 rings (SSSR count). The van der Waals surface area contributed by atoms with Gasteiger partial charge in [0.15, 0.2) is 0 Å². The van der Waals surface area contributed by atoms with Crippen LogP contribution in [0.15, 0.2) is 0 Å². The van der Waals surface area contributed by atoms with Crippen molar-refractivity contribution >= 4 is 10.2 Å². The molecule has 2 fully saturated rings. The molecule has 0 unspecified atom stereocenters. The molecule has 0 radical (unpaired) electrons. The van der Waals surface area contributed by atoms with E-state index in [1.54, 1.807) is 22.5 Å². The van der Waals surface area contributed by atoms with Gasteiger partial charge in [-0.05, 0) is 26.7 Å². The van der Waals surface area contributed by atoms with E-state index in [1.807, 2.05) is 0 Å². The summed E-state index contributed by atoms with van der Waals surface area (Å²) in [6.07, 6.45) is 4.20. The molecule has 7 heteroatoms. The molecular weight excluding hydrogens is 290 g/mol. The number of piperazine rings is 1. The summed E-state index contributed by atoms with van der Waals surface area (Å²) in [5, 5.41) is 9.85. The first-order valence-corrected chi connectivity index (χ1v) is 9.39. The van der Waals surface area contributed by atoms with Gasteiger partial charge in [0.1, 0.15) is 0 Å². The lowest BCUT2D eigenvalue weighted by molar-refractivity contribution is 0.0258. The molecule has 0 aromatic rings. The third-order valence-electron chi connectivity index (χ3n) is 4.16. The Balaban J connectivity index is 1.91. The highest BCUT2D eigenvalue weighted by Gasteiger charge is 2.33. The molecule has 0 aromatic heterocycles. The molecule has 21 heavy (non-hydrogen) atoms. The third kappa shape index (κ3) is 4.89. The second-order valence-electron chi connectivity index (χ2n) is 6.81. The SMILES string of the molecule is CC(C)(O)CN1CCN(S(=O)(=O)N2CCCCCC2)CC1. The monoisotopic (exact) mass is 319 g/mol. The van der Waals surface area contributed by atoms with Crippen molar-refractivity contribution in [3.63, 3.8) is 0 Å². The molecule has 0 bridgehead atoms. The van der Waals surface area contributed by atoms with Crippen molar-refractivity contribution in [2.24, 2.45) is 0 Å². The Hall–Kier alpha value is -0.210. The van der Waals surface area contributed by atoms with Crippen molar-refractivity contribution in [1.29, 1.82) is 0 Å². The van der Waals surface area contributed by atoms with Crippen molar-refractivity contribution in [2.75, 3.05) is 45.8 Å². The van der Waals surface area contributed by atoms with Gasteiger partial charge in [-0.15, -0.1) is 0 Å². The zero-order valence-corrected chi connectivity index (χ0v) is 14.1. The van der Waals surface area contributed by atoms with Crippen molar-refractivity contribution in [3.8, 4) is 0 Å². The van der Waals surface area contributed by atoms with E-state index in [4.69, 9.17) is 0 Å². The van der Waals surface area contributed by atoms with Gasteiger partial charge in [0.25, 0.3) is 10.2 Å². The van der Waals surface area contributed by atoms with Crippen molar-refractivity contribution in [3.05, 3.63) is 0 Å². The largest absolute Gasteiger partial charge is 0.389 e. The molecule has 2 saturated heterocycles. The number of β-amino-alcohol motifs (C(OH)–C–C–N with tert-alkyl or cyclic N) is 1. The number of hydrogen-bond donors (Lipinski definition) is 1. The Morgan fingerprint density at radius 1 is 0.857 bits per heavy atom. The van der Waals surface area contributed by atoms with Crippen LogP contribution in [0.25, 0.3) is 0 Å². The molecule has 0 saturated carbocycles. The predicted octanol–water partition coefficient (Wildman–Crippen LogP) is 0.496. The molecule has 2 aliphatic heterocycles. The van der Waals surface area contributed by atoms with Gasteiger partial charge in [-0.25, -0.2) is 0 Å². The summed E-state index contributed by atoms with van der Waals surface area (Å²) in [7, 11) is -3.30. The number of rotatable bonds is 4. The minimum atomic E-state index is -3.30. The molecule has 1 N–H and O–H groups in total. The van der Waals surface area contributed by atoms with Crippen LogP contribution in [-0.2, 0) is 10.2 Å². The van der Waals surface area contributed by atoms with Crippen LogP contribution >= 0.6 is 0 Å². The van der Waals surface area contributed by atoms with E-state index in [-0.39, 0.29) is 0 Å². The minimum absolute atomic E-state index is 0.523. The van der Waals surface area contributed by atoms with Crippen LogP contribution in [0.4, 0.5) is 0 Å². The summed E-state index contributed by atoms with van der Waals surface area (Å²) in [6.45, 7) is 7.90. The number of nitrogens with zero attached hydrogens (tertiary/aromatic N) is 3. The molecule has 2 aliphatic rings. The highest BCUT2D eigenvalue weighted by atomic mass is 32.2. The summed E-state index contributed by atoms with van der Waals surface area (Å²) >= 11 is 0. The second kappa shape index (κ2) is 6.91. The Morgan fingerprint density at radius 3 is 1.81 bits per heavy atom.